The number of nitrogens with zero attached hydrogens (tertiary/aromatic N) is 3. The van der Waals surface area contributed by atoms with Crippen molar-refractivity contribution in [3.8, 4) is 0 Å². The molecule has 0 amide bonds. The minimum Gasteiger partial charge on any atom is -0.473 e. The molecule has 0 unspecified atom stereocenters. The van der Waals surface area contributed by atoms with Crippen LogP contribution in [0.3, 0.4) is 0 Å². The van der Waals surface area contributed by atoms with Crippen molar-refractivity contribution < 1.29 is 44.4 Å². The van der Waals surface area contributed by atoms with Crippen LogP contribution in [0, 0.1) is 0 Å². The number of oxime groups is 1. The standard InChI is InChI=1S/C16H18ClN3O.2C2H2O4/c1-20(2)10-11-21-19-16(14-4-3-9-18-12-14)13-5-7-15(17)8-6-13;2*3-1(4)2(5)6/h3-9,12H,10-11H2,1-2H3;2*(H,3,4)(H,5,6). The number of hydrogen-bond donors (Lipinski definition) is 4. The third kappa shape index (κ3) is 13.8. The molecule has 2 aromatic rings. The first-order chi connectivity index (χ1) is 15.5. The molecule has 33 heavy (non-hydrogen) atoms. The summed E-state index contributed by atoms with van der Waals surface area (Å²) in [6.45, 7) is 1.34. The molecule has 178 valence electrons. The van der Waals surface area contributed by atoms with Gasteiger partial charge in [0, 0.05) is 35.1 Å². The van der Waals surface area contributed by atoms with E-state index in [0.29, 0.717) is 11.6 Å². The van der Waals surface area contributed by atoms with Crippen molar-refractivity contribution in [2.45, 2.75) is 0 Å². The highest BCUT2D eigenvalue weighted by molar-refractivity contribution is 6.30. The monoisotopic (exact) mass is 483 g/mol. The van der Waals surface area contributed by atoms with Gasteiger partial charge in [-0.05, 0) is 38.4 Å². The van der Waals surface area contributed by atoms with Gasteiger partial charge in [0.25, 0.3) is 0 Å². The highest BCUT2D eigenvalue weighted by Gasteiger charge is 2.08. The Balaban J connectivity index is 0.000000705. The largest absolute Gasteiger partial charge is 0.473 e. The van der Waals surface area contributed by atoms with Crippen molar-refractivity contribution in [2.75, 3.05) is 27.2 Å². The summed E-state index contributed by atoms with van der Waals surface area (Å²) in [4.78, 5) is 48.0. The van der Waals surface area contributed by atoms with E-state index < -0.39 is 23.9 Å². The predicted octanol–water partition coefficient (Wildman–Crippen LogP) is 1.38. The Morgan fingerprint density at radius 3 is 1.82 bits per heavy atom. The van der Waals surface area contributed by atoms with Crippen LogP contribution in [0.5, 0.6) is 0 Å². The van der Waals surface area contributed by atoms with Gasteiger partial charge in [0.1, 0.15) is 12.3 Å². The molecule has 0 aliphatic heterocycles. The summed E-state index contributed by atoms with van der Waals surface area (Å²) in [6, 6.07) is 11.3. The first-order valence-electron chi connectivity index (χ1n) is 8.89. The lowest BCUT2D eigenvalue weighted by Crippen LogP contribution is -2.17. The summed E-state index contributed by atoms with van der Waals surface area (Å²) in [5, 5.41) is 34.5. The minimum absolute atomic E-state index is 0.532. The van der Waals surface area contributed by atoms with Crippen LogP contribution in [0.2, 0.25) is 5.02 Å². The van der Waals surface area contributed by atoms with Crippen LogP contribution in [0.1, 0.15) is 11.1 Å². The molecule has 2 rings (SSSR count). The summed E-state index contributed by atoms with van der Waals surface area (Å²) < 4.78 is 0. The number of carbonyl (C=O) groups is 4. The minimum atomic E-state index is -1.82. The van der Waals surface area contributed by atoms with Gasteiger partial charge in [-0.1, -0.05) is 28.9 Å². The summed E-state index contributed by atoms with van der Waals surface area (Å²) in [6.07, 6.45) is 3.50. The molecule has 0 fully saturated rings. The summed E-state index contributed by atoms with van der Waals surface area (Å²) in [5.74, 6) is -7.30. The van der Waals surface area contributed by atoms with E-state index in [0.717, 1.165) is 23.4 Å². The fourth-order valence-electron chi connectivity index (χ4n) is 1.72. The van der Waals surface area contributed by atoms with Gasteiger partial charge in [-0.3, -0.25) is 4.98 Å². The maximum Gasteiger partial charge on any atom is 0.414 e. The Morgan fingerprint density at radius 2 is 1.42 bits per heavy atom. The number of hydrogen-bond acceptors (Lipinski definition) is 8. The predicted molar refractivity (Wildman–Crippen MR) is 116 cm³/mol. The molecular formula is C20H22ClN3O9. The van der Waals surface area contributed by atoms with Gasteiger partial charge >= 0.3 is 23.9 Å². The van der Waals surface area contributed by atoms with Crippen molar-refractivity contribution >= 4 is 41.2 Å². The van der Waals surface area contributed by atoms with E-state index in [4.69, 9.17) is 56.0 Å². The first kappa shape index (κ1) is 29.0. The average molecular weight is 484 g/mol. The Morgan fingerprint density at radius 1 is 0.909 bits per heavy atom. The van der Waals surface area contributed by atoms with Gasteiger partial charge in [0.05, 0.1) is 0 Å². The van der Waals surface area contributed by atoms with Crippen LogP contribution in [-0.4, -0.2) is 87.1 Å². The second-order valence-electron chi connectivity index (χ2n) is 6.05. The molecule has 0 atom stereocenters. The Bertz CT molecular complexity index is 901. The Labute approximate surface area is 193 Å². The topological polar surface area (TPSA) is 187 Å². The van der Waals surface area contributed by atoms with Crippen molar-refractivity contribution in [3.05, 3.63) is 64.9 Å². The normalized spacial score (nSPS) is 10.1. The van der Waals surface area contributed by atoms with E-state index in [1.165, 1.54) is 0 Å². The smallest absolute Gasteiger partial charge is 0.414 e. The first-order valence-corrected chi connectivity index (χ1v) is 9.27. The molecule has 1 aromatic heterocycles. The number of pyridine rings is 1. The third-order valence-corrected chi connectivity index (χ3v) is 3.46. The molecule has 0 saturated carbocycles. The van der Waals surface area contributed by atoms with Gasteiger partial charge in [0.15, 0.2) is 0 Å². The molecule has 0 aliphatic carbocycles. The maximum absolute atomic E-state index is 9.10. The molecule has 0 aliphatic rings. The van der Waals surface area contributed by atoms with Gasteiger partial charge in [-0.15, -0.1) is 0 Å². The number of carboxylic acids is 4. The fourth-order valence-corrected chi connectivity index (χ4v) is 1.84. The van der Waals surface area contributed by atoms with Crippen molar-refractivity contribution in [1.82, 2.24) is 9.88 Å². The maximum atomic E-state index is 9.10. The number of rotatable bonds is 6. The number of carboxylic acid groups (broad SMARTS) is 4. The molecule has 0 bridgehead atoms. The van der Waals surface area contributed by atoms with Crippen LogP contribution in [-0.2, 0) is 24.0 Å². The van der Waals surface area contributed by atoms with Gasteiger partial charge in [-0.25, -0.2) is 19.2 Å². The van der Waals surface area contributed by atoms with E-state index in [9.17, 15) is 0 Å². The zero-order valence-corrected chi connectivity index (χ0v) is 18.3. The summed E-state index contributed by atoms with van der Waals surface area (Å²) >= 11 is 5.94. The molecule has 1 heterocycles. The van der Waals surface area contributed by atoms with Gasteiger partial charge < -0.3 is 30.2 Å². The highest BCUT2D eigenvalue weighted by atomic mass is 35.5. The fraction of sp³-hybridized carbons (Fsp3) is 0.200. The molecule has 0 saturated heterocycles. The van der Waals surface area contributed by atoms with Crippen LogP contribution in [0.15, 0.2) is 53.9 Å². The summed E-state index contributed by atoms with van der Waals surface area (Å²) in [7, 11) is 3.99. The van der Waals surface area contributed by atoms with E-state index >= 15 is 0 Å². The van der Waals surface area contributed by atoms with Crippen molar-refractivity contribution in [1.29, 1.82) is 0 Å². The van der Waals surface area contributed by atoms with Crippen molar-refractivity contribution in [2.24, 2.45) is 5.16 Å². The lowest BCUT2D eigenvalue weighted by atomic mass is 10.0. The quantitative estimate of drug-likeness (QED) is 0.201. The number of aromatic nitrogens is 1. The molecule has 12 nitrogen and oxygen atoms in total. The van der Waals surface area contributed by atoms with E-state index in [1.807, 2.05) is 55.4 Å². The molecule has 0 radical (unpaired) electrons. The number of likely N-dealkylation sites (N-methyl/N-ethyl adjacent to an activating group) is 1. The number of benzene rings is 1. The SMILES string of the molecule is CN(C)CCON=C(c1ccc(Cl)cc1)c1cccnc1.O=C(O)C(=O)O.O=C(O)C(=O)O. The second-order valence-corrected chi connectivity index (χ2v) is 6.48. The van der Waals surface area contributed by atoms with Gasteiger partial charge in [-0.2, -0.15) is 0 Å². The zero-order valence-electron chi connectivity index (χ0n) is 17.6. The number of halogens is 1. The molecule has 1 aromatic carbocycles. The second kappa shape index (κ2) is 15.7. The van der Waals surface area contributed by atoms with E-state index in [-0.39, 0.29) is 0 Å². The molecule has 13 heteroatoms. The van der Waals surface area contributed by atoms with E-state index in [1.54, 1.807) is 12.4 Å². The molecular weight excluding hydrogens is 462 g/mol. The third-order valence-electron chi connectivity index (χ3n) is 3.20. The van der Waals surface area contributed by atoms with Crippen LogP contribution < -0.4 is 0 Å². The lowest BCUT2D eigenvalue weighted by molar-refractivity contribution is -0.159. The number of aliphatic carboxylic acids is 4. The molecule has 0 spiro atoms. The zero-order chi connectivity index (χ0) is 25.4. The molecule has 4 N–H and O–H groups in total. The lowest BCUT2D eigenvalue weighted by Gasteiger charge is -2.10. The summed E-state index contributed by atoms with van der Waals surface area (Å²) in [5.41, 5.74) is 2.60. The van der Waals surface area contributed by atoms with Gasteiger partial charge in [0.2, 0.25) is 0 Å². The van der Waals surface area contributed by atoms with E-state index in [2.05, 4.69) is 10.1 Å². The average Bonchev–Trinajstić information content (AvgIpc) is 2.76. The van der Waals surface area contributed by atoms with Crippen LogP contribution in [0.4, 0.5) is 0 Å². The van der Waals surface area contributed by atoms with Crippen LogP contribution in [0.25, 0.3) is 0 Å². The highest BCUT2D eigenvalue weighted by Crippen LogP contribution is 2.14. The van der Waals surface area contributed by atoms with Crippen molar-refractivity contribution in [3.63, 3.8) is 0 Å². The van der Waals surface area contributed by atoms with Crippen LogP contribution >= 0.6 is 11.6 Å². The Hall–Kier alpha value is -4.03. The Kier molecular flexibility index (Phi) is 13.8.